The summed E-state index contributed by atoms with van der Waals surface area (Å²) in [6.07, 6.45) is 7.85. The maximum Gasteiger partial charge on any atom is 0.0441 e. The lowest BCUT2D eigenvalue weighted by Gasteiger charge is -2.19. The molecule has 0 aromatic heterocycles. The van der Waals surface area contributed by atoms with E-state index in [0.29, 0.717) is 6.04 Å². The van der Waals surface area contributed by atoms with E-state index >= 15 is 0 Å². The average molecular weight is 236 g/mol. The third-order valence-electron chi connectivity index (χ3n) is 4.01. The molecule has 0 saturated heterocycles. The summed E-state index contributed by atoms with van der Waals surface area (Å²) in [6.45, 7) is 0. The number of benzene rings is 1. The second-order valence-electron chi connectivity index (χ2n) is 5.05. The lowest BCUT2D eigenvalue weighted by atomic mass is 10.1. The Balaban J connectivity index is 1.78. The average Bonchev–Trinajstić information content (AvgIpc) is 2.90. The molecule has 1 aromatic carbocycles. The van der Waals surface area contributed by atoms with Crippen molar-refractivity contribution in [1.82, 2.24) is 5.32 Å². The van der Waals surface area contributed by atoms with Crippen LogP contribution in [0.4, 0.5) is 0 Å². The van der Waals surface area contributed by atoms with Gasteiger partial charge in [0.1, 0.15) is 0 Å². The summed E-state index contributed by atoms with van der Waals surface area (Å²) in [5.74, 6) is 0. The highest BCUT2D eigenvalue weighted by Crippen LogP contribution is 2.36. The van der Waals surface area contributed by atoms with Crippen LogP contribution in [0.25, 0.3) is 0 Å². The first-order chi connectivity index (χ1) is 7.84. The van der Waals surface area contributed by atoms with Gasteiger partial charge in [0, 0.05) is 17.1 Å². The van der Waals surface area contributed by atoms with Crippen LogP contribution in [0.2, 0.25) is 5.02 Å². The number of rotatable bonds is 2. The normalized spacial score (nSPS) is 24.9. The predicted molar refractivity (Wildman–Crippen MR) is 67.9 cm³/mol. The van der Waals surface area contributed by atoms with E-state index in [2.05, 4.69) is 17.4 Å². The highest BCUT2D eigenvalue weighted by Gasteiger charge is 2.26. The molecule has 0 amide bonds. The van der Waals surface area contributed by atoms with E-state index in [-0.39, 0.29) is 0 Å². The van der Waals surface area contributed by atoms with Gasteiger partial charge >= 0.3 is 0 Å². The molecule has 2 heteroatoms. The summed E-state index contributed by atoms with van der Waals surface area (Å²) < 4.78 is 0. The van der Waals surface area contributed by atoms with Gasteiger partial charge in [-0.3, -0.25) is 0 Å². The van der Waals surface area contributed by atoms with Crippen LogP contribution in [0.3, 0.4) is 0 Å². The van der Waals surface area contributed by atoms with Gasteiger partial charge < -0.3 is 5.32 Å². The van der Waals surface area contributed by atoms with Crippen LogP contribution < -0.4 is 5.32 Å². The molecule has 0 spiro atoms. The van der Waals surface area contributed by atoms with Crippen LogP contribution in [0.1, 0.15) is 49.3 Å². The van der Waals surface area contributed by atoms with E-state index < -0.39 is 0 Å². The Labute approximate surface area is 102 Å². The molecule has 86 valence electrons. The minimum absolute atomic E-state index is 0.553. The van der Waals surface area contributed by atoms with E-state index in [9.17, 15) is 0 Å². The third-order valence-corrected chi connectivity index (χ3v) is 4.36. The lowest BCUT2D eigenvalue weighted by molar-refractivity contribution is 0.438. The monoisotopic (exact) mass is 235 g/mol. The summed E-state index contributed by atoms with van der Waals surface area (Å²) in [5, 5.41) is 4.75. The molecular formula is C14H18ClN. The maximum atomic E-state index is 6.22. The number of hydrogen-bond acceptors (Lipinski definition) is 1. The molecule has 1 N–H and O–H groups in total. The molecule has 3 rings (SSSR count). The van der Waals surface area contributed by atoms with Crippen molar-refractivity contribution in [3.05, 3.63) is 34.3 Å². The Hall–Kier alpha value is -0.530. The highest BCUT2D eigenvalue weighted by molar-refractivity contribution is 6.31. The molecule has 0 radical (unpaired) electrons. The highest BCUT2D eigenvalue weighted by atomic mass is 35.5. The Morgan fingerprint density at radius 1 is 1.12 bits per heavy atom. The van der Waals surface area contributed by atoms with Crippen LogP contribution in [-0.2, 0) is 6.42 Å². The molecule has 0 aliphatic heterocycles. The van der Waals surface area contributed by atoms with Crippen molar-refractivity contribution in [3.63, 3.8) is 0 Å². The molecule has 0 heterocycles. The lowest BCUT2D eigenvalue weighted by Crippen LogP contribution is -2.29. The van der Waals surface area contributed by atoms with Crippen LogP contribution in [-0.4, -0.2) is 6.04 Å². The summed E-state index contributed by atoms with van der Waals surface area (Å²) in [6, 6.07) is 7.63. The topological polar surface area (TPSA) is 12.0 Å². The second kappa shape index (κ2) is 4.38. The molecular weight excluding hydrogens is 218 g/mol. The quantitative estimate of drug-likeness (QED) is 0.821. The second-order valence-corrected chi connectivity index (χ2v) is 5.45. The van der Waals surface area contributed by atoms with Crippen LogP contribution in [0.5, 0.6) is 0 Å². The Bertz CT molecular complexity index is 382. The zero-order valence-electron chi connectivity index (χ0n) is 9.51. The van der Waals surface area contributed by atoms with E-state index in [1.807, 2.05) is 6.07 Å². The van der Waals surface area contributed by atoms with E-state index in [1.54, 1.807) is 0 Å². The minimum Gasteiger partial charge on any atom is -0.307 e. The fourth-order valence-electron chi connectivity index (χ4n) is 3.16. The van der Waals surface area contributed by atoms with Gasteiger partial charge in [-0.2, -0.15) is 0 Å². The summed E-state index contributed by atoms with van der Waals surface area (Å²) in [5.41, 5.74) is 2.82. The first-order valence-electron chi connectivity index (χ1n) is 6.38. The van der Waals surface area contributed by atoms with Crippen molar-refractivity contribution in [3.8, 4) is 0 Å². The Morgan fingerprint density at radius 2 is 1.94 bits per heavy atom. The SMILES string of the molecule is Clc1cccc2c1CCC2NC1CCCC1. The summed E-state index contributed by atoms with van der Waals surface area (Å²) in [7, 11) is 0. The van der Waals surface area contributed by atoms with E-state index in [4.69, 9.17) is 11.6 Å². The van der Waals surface area contributed by atoms with Crippen molar-refractivity contribution < 1.29 is 0 Å². The van der Waals surface area contributed by atoms with Gasteiger partial charge in [-0.25, -0.2) is 0 Å². The fraction of sp³-hybridized carbons (Fsp3) is 0.571. The largest absolute Gasteiger partial charge is 0.307 e. The van der Waals surface area contributed by atoms with Crippen molar-refractivity contribution >= 4 is 11.6 Å². The minimum atomic E-state index is 0.553. The standard InChI is InChI=1S/C14H18ClN/c15-13-7-3-6-12-11(13)8-9-14(12)16-10-4-1-2-5-10/h3,6-7,10,14,16H,1-2,4-5,8-9H2. The molecule has 1 atom stereocenters. The molecule has 1 fully saturated rings. The van der Waals surface area contributed by atoms with Gasteiger partial charge in [0.15, 0.2) is 0 Å². The van der Waals surface area contributed by atoms with Gasteiger partial charge in [0.25, 0.3) is 0 Å². The fourth-order valence-corrected chi connectivity index (χ4v) is 3.44. The molecule has 1 unspecified atom stereocenters. The van der Waals surface area contributed by atoms with E-state index in [0.717, 1.165) is 17.5 Å². The van der Waals surface area contributed by atoms with Gasteiger partial charge in [-0.15, -0.1) is 0 Å². The van der Waals surface area contributed by atoms with Gasteiger partial charge in [-0.05, 0) is 42.9 Å². The number of fused-ring (bicyclic) bond motifs is 1. The first-order valence-corrected chi connectivity index (χ1v) is 6.76. The Kier molecular flexibility index (Phi) is 2.91. The Morgan fingerprint density at radius 3 is 2.75 bits per heavy atom. The third kappa shape index (κ3) is 1.87. The molecule has 1 saturated carbocycles. The number of halogens is 1. The van der Waals surface area contributed by atoms with Crippen LogP contribution in [0.15, 0.2) is 18.2 Å². The summed E-state index contributed by atoms with van der Waals surface area (Å²) >= 11 is 6.22. The van der Waals surface area contributed by atoms with Crippen LogP contribution in [0, 0.1) is 0 Å². The molecule has 16 heavy (non-hydrogen) atoms. The van der Waals surface area contributed by atoms with E-state index in [1.165, 1.54) is 43.2 Å². The molecule has 2 aliphatic carbocycles. The maximum absolute atomic E-state index is 6.22. The molecule has 2 aliphatic rings. The number of nitrogens with one attached hydrogen (secondary N) is 1. The van der Waals surface area contributed by atoms with Crippen molar-refractivity contribution in [2.24, 2.45) is 0 Å². The zero-order valence-corrected chi connectivity index (χ0v) is 10.3. The zero-order chi connectivity index (χ0) is 11.0. The van der Waals surface area contributed by atoms with Gasteiger partial charge in [0.05, 0.1) is 0 Å². The van der Waals surface area contributed by atoms with Gasteiger partial charge in [0.2, 0.25) is 0 Å². The summed E-state index contributed by atoms with van der Waals surface area (Å²) in [4.78, 5) is 0. The smallest absolute Gasteiger partial charge is 0.0441 e. The number of hydrogen-bond donors (Lipinski definition) is 1. The first kappa shape index (κ1) is 10.6. The van der Waals surface area contributed by atoms with Crippen LogP contribution >= 0.6 is 11.6 Å². The molecule has 1 nitrogen and oxygen atoms in total. The predicted octanol–water partition coefficient (Wildman–Crippen LogP) is 3.86. The van der Waals surface area contributed by atoms with Gasteiger partial charge in [-0.1, -0.05) is 36.6 Å². The van der Waals surface area contributed by atoms with Crippen molar-refractivity contribution in [2.45, 2.75) is 50.6 Å². The molecule has 1 aromatic rings. The van der Waals surface area contributed by atoms with Crippen molar-refractivity contribution in [2.75, 3.05) is 0 Å². The molecule has 0 bridgehead atoms. The van der Waals surface area contributed by atoms with Crippen molar-refractivity contribution in [1.29, 1.82) is 0 Å².